The maximum Gasteiger partial charge on any atom is 0.244 e. The van der Waals surface area contributed by atoms with Crippen LogP contribution in [0.3, 0.4) is 0 Å². The normalized spacial score (nSPS) is 13.6. The largest absolute Gasteiger partial charge is 0.486 e. The SMILES string of the molecule is CCNC(=O)[C@@H](C)N(Cc1ccc(Br)cc1)C(=O)CN(c1ccc2c(c1)OCCO2)S(C)(=O)=O. The van der Waals surface area contributed by atoms with Crippen molar-refractivity contribution in [3.05, 3.63) is 52.5 Å². The van der Waals surface area contributed by atoms with Crippen LogP contribution in [0.15, 0.2) is 46.9 Å². The summed E-state index contributed by atoms with van der Waals surface area (Å²) in [7, 11) is -3.83. The Hall–Kier alpha value is -2.79. The number of hydrogen-bond acceptors (Lipinski definition) is 6. The lowest BCUT2D eigenvalue weighted by Gasteiger charge is -2.31. The molecule has 0 aliphatic carbocycles. The van der Waals surface area contributed by atoms with Crippen LogP contribution < -0.4 is 19.1 Å². The topological polar surface area (TPSA) is 105 Å². The molecule has 34 heavy (non-hydrogen) atoms. The summed E-state index contributed by atoms with van der Waals surface area (Å²) in [5, 5.41) is 2.72. The van der Waals surface area contributed by atoms with Gasteiger partial charge in [-0.1, -0.05) is 28.1 Å². The van der Waals surface area contributed by atoms with Gasteiger partial charge in [0.15, 0.2) is 11.5 Å². The summed E-state index contributed by atoms with van der Waals surface area (Å²) in [5.74, 6) is 0.0870. The van der Waals surface area contributed by atoms with E-state index in [1.165, 1.54) is 11.0 Å². The highest BCUT2D eigenvalue weighted by Crippen LogP contribution is 2.34. The molecule has 0 unspecified atom stereocenters. The first-order chi connectivity index (χ1) is 16.1. The zero-order chi connectivity index (χ0) is 24.9. The molecule has 2 amide bonds. The molecule has 3 rings (SSSR count). The van der Waals surface area contributed by atoms with Gasteiger partial charge in [-0.15, -0.1) is 0 Å². The molecule has 0 saturated heterocycles. The molecule has 0 saturated carbocycles. The Labute approximate surface area is 208 Å². The van der Waals surface area contributed by atoms with Gasteiger partial charge < -0.3 is 19.7 Å². The van der Waals surface area contributed by atoms with Gasteiger partial charge in [-0.3, -0.25) is 13.9 Å². The van der Waals surface area contributed by atoms with Crippen LogP contribution in [-0.4, -0.2) is 63.7 Å². The average Bonchev–Trinajstić information content (AvgIpc) is 2.80. The maximum absolute atomic E-state index is 13.5. The van der Waals surface area contributed by atoms with Crippen LogP contribution in [0.2, 0.25) is 0 Å². The molecular formula is C23H28BrN3O6S. The third-order valence-electron chi connectivity index (χ3n) is 5.28. The minimum atomic E-state index is -3.83. The van der Waals surface area contributed by atoms with Crippen molar-refractivity contribution in [2.45, 2.75) is 26.4 Å². The number of nitrogens with zero attached hydrogens (tertiary/aromatic N) is 2. The molecule has 11 heteroatoms. The van der Waals surface area contributed by atoms with E-state index in [4.69, 9.17) is 9.47 Å². The number of fused-ring (bicyclic) bond motifs is 1. The lowest BCUT2D eigenvalue weighted by atomic mass is 10.1. The van der Waals surface area contributed by atoms with Gasteiger partial charge in [-0.25, -0.2) is 8.42 Å². The minimum absolute atomic E-state index is 0.142. The van der Waals surface area contributed by atoms with Gasteiger partial charge in [0.2, 0.25) is 21.8 Å². The van der Waals surface area contributed by atoms with Crippen molar-refractivity contribution < 1.29 is 27.5 Å². The van der Waals surface area contributed by atoms with Gasteiger partial charge in [0.1, 0.15) is 25.8 Å². The molecule has 0 spiro atoms. The van der Waals surface area contributed by atoms with Crippen molar-refractivity contribution in [3.63, 3.8) is 0 Å². The number of rotatable bonds is 9. The van der Waals surface area contributed by atoms with E-state index in [1.54, 1.807) is 26.0 Å². The Kier molecular flexibility index (Phi) is 8.42. The van der Waals surface area contributed by atoms with Crippen LogP contribution in [0.25, 0.3) is 0 Å². The Morgan fingerprint density at radius 2 is 1.74 bits per heavy atom. The number of sulfonamides is 1. The minimum Gasteiger partial charge on any atom is -0.486 e. The predicted molar refractivity (Wildman–Crippen MR) is 132 cm³/mol. The molecular weight excluding hydrogens is 526 g/mol. The quantitative estimate of drug-likeness (QED) is 0.511. The first kappa shape index (κ1) is 25.8. The number of anilines is 1. The zero-order valence-electron chi connectivity index (χ0n) is 19.3. The van der Waals surface area contributed by atoms with E-state index >= 15 is 0 Å². The summed E-state index contributed by atoms with van der Waals surface area (Å²) in [5.41, 5.74) is 1.08. The Balaban J connectivity index is 1.91. The number of hydrogen-bond donors (Lipinski definition) is 1. The molecule has 2 aromatic rings. The number of amides is 2. The van der Waals surface area contributed by atoms with Crippen LogP contribution >= 0.6 is 15.9 Å². The lowest BCUT2D eigenvalue weighted by molar-refractivity contribution is -0.139. The molecule has 0 aromatic heterocycles. The number of ether oxygens (including phenoxy) is 2. The second-order valence-electron chi connectivity index (χ2n) is 7.82. The van der Waals surface area contributed by atoms with Crippen LogP contribution in [0.1, 0.15) is 19.4 Å². The van der Waals surface area contributed by atoms with E-state index in [9.17, 15) is 18.0 Å². The van der Waals surface area contributed by atoms with E-state index < -0.39 is 28.5 Å². The molecule has 2 aromatic carbocycles. The van der Waals surface area contributed by atoms with Crippen molar-refractivity contribution in [2.24, 2.45) is 0 Å². The number of nitrogens with one attached hydrogen (secondary N) is 1. The van der Waals surface area contributed by atoms with Gasteiger partial charge in [0.25, 0.3) is 0 Å². The summed E-state index contributed by atoms with van der Waals surface area (Å²) >= 11 is 3.38. The average molecular weight is 554 g/mol. The van der Waals surface area contributed by atoms with E-state index in [0.717, 1.165) is 20.6 Å². The summed E-state index contributed by atoms with van der Waals surface area (Å²) in [6, 6.07) is 11.3. The third-order valence-corrected chi connectivity index (χ3v) is 6.95. The number of carbonyl (C=O) groups excluding carboxylic acids is 2. The monoisotopic (exact) mass is 553 g/mol. The van der Waals surface area contributed by atoms with Crippen molar-refractivity contribution >= 4 is 43.5 Å². The third kappa shape index (κ3) is 6.41. The van der Waals surface area contributed by atoms with Crippen LogP contribution in [-0.2, 0) is 26.2 Å². The second kappa shape index (κ2) is 11.1. The highest BCUT2D eigenvalue weighted by molar-refractivity contribution is 9.10. The fourth-order valence-corrected chi connectivity index (χ4v) is 4.60. The fourth-order valence-electron chi connectivity index (χ4n) is 3.49. The van der Waals surface area contributed by atoms with Gasteiger partial charge in [0, 0.05) is 23.6 Å². The Morgan fingerprint density at radius 3 is 2.35 bits per heavy atom. The number of halogens is 1. The Bertz CT molecular complexity index is 1140. The summed E-state index contributed by atoms with van der Waals surface area (Å²) < 4.78 is 38.3. The molecule has 1 atom stereocenters. The lowest BCUT2D eigenvalue weighted by Crippen LogP contribution is -2.51. The standard InChI is InChI=1S/C23H28BrN3O6S/c1-4-25-23(29)16(2)26(14-17-5-7-18(24)8-6-17)22(28)15-27(34(3,30)31)19-9-10-20-21(13-19)33-12-11-32-20/h5-10,13,16H,4,11-12,14-15H2,1-3H3,(H,25,29)/t16-/m1/s1. The zero-order valence-corrected chi connectivity index (χ0v) is 21.7. The highest BCUT2D eigenvalue weighted by Gasteiger charge is 2.30. The number of likely N-dealkylation sites (N-methyl/N-ethyl adjacent to an activating group) is 1. The summed E-state index contributed by atoms with van der Waals surface area (Å²) in [6.45, 7) is 4.25. The first-order valence-electron chi connectivity index (χ1n) is 10.8. The first-order valence-corrected chi connectivity index (χ1v) is 13.4. The molecule has 184 valence electrons. The molecule has 1 heterocycles. The van der Waals surface area contributed by atoms with Crippen LogP contribution in [0.5, 0.6) is 11.5 Å². The predicted octanol–water partition coefficient (Wildman–Crippen LogP) is 2.54. The van der Waals surface area contributed by atoms with Gasteiger partial charge in [-0.2, -0.15) is 0 Å². The molecule has 1 aliphatic heterocycles. The van der Waals surface area contributed by atoms with Crippen molar-refractivity contribution in [1.82, 2.24) is 10.2 Å². The van der Waals surface area contributed by atoms with E-state index in [0.29, 0.717) is 31.3 Å². The van der Waals surface area contributed by atoms with Crippen LogP contribution in [0, 0.1) is 0 Å². The molecule has 0 fully saturated rings. The number of benzene rings is 2. The van der Waals surface area contributed by atoms with Crippen molar-refractivity contribution in [3.8, 4) is 11.5 Å². The molecule has 0 bridgehead atoms. The molecule has 1 N–H and O–H groups in total. The van der Waals surface area contributed by atoms with Crippen LogP contribution in [0.4, 0.5) is 5.69 Å². The van der Waals surface area contributed by atoms with Crippen molar-refractivity contribution in [1.29, 1.82) is 0 Å². The van der Waals surface area contributed by atoms with E-state index in [1.807, 2.05) is 24.3 Å². The molecule has 9 nitrogen and oxygen atoms in total. The van der Waals surface area contributed by atoms with Gasteiger partial charge >= 0.3 is 0 Å². The summed E-state index contributed by atoms with van der Waals surface area (Å²) in [4.78, 5) is 27.4. The van der Waals surface area contributed by atoms with E-state index in [2.05, 4.69) is 21.2 Å². The van der Waals surface area contributed by atoms with E-state index in [-0.39, 0.29) is 18.1 Å². The molecule has 1 aliphatic rings. The smallest absolute Gasteiger partial charge is 0.244 e. The number of carbonyl (C=O) groups is 2. The maximum atomic E-state index is 13.5. The molecule has 0 radical (unpaired) electrons. The van der Waals surface area contributed by atoms with Crippen molar-refractivity contribution in [2.75, 3.05) is 36.9 Å². The second-order valence-corrected chi connectivity index (χ2v) is 10.6. The Morgan fingerprint density at radius 1 is 1.09 bits per heavy atom. The fraction of sp³-hybridized carbons (Fsp3) is 0.391. The highest BCUT2D eigenvalue weighted by atomic mass is 79.9. The summed E-state index contributed by atoms with van der Waals surface area (Å²) in [6.07, 6.45) is 1.03. The van der Waals surface area contributed by atoms with Gasteiger partial charge in [0.05, 0.1) is 11.9 Å². The van der Waals surface area contributed by atoms with Gasteiger partial charge in [-0.05, 0) is 43.7 Å².